The minimum Gasteiger partial charge on any atom is -0.411 e. The molecule has 2 rings (SSSR count). The number of hydrogen-bond acceptors (Lipinski definition) is 3. The fourth-order valence-corrected chi connectivity index (χ4v) is 1.89. The molecule has 1 aliphatic carbocycles. The lowest BCUT2D eigenvalue weighted by atomic mass is 10.0. The summed E-state index contributed by atoms with van der Waals surface area (Å²) in [6.07, 6.45) is 2.50. The molecule has 3 N–H and O–H groups in total. The van der Waals surface area contributed by atoms with Gasteiger partial charge in [0.2, 0.25) is 0 Å². The van der Waals surface area contributed by atoms with Crippen LogP contribution < -0.4 is 5.73 Å². The molecule has 0 heterocycles. The molecule has 0 amide bonds. The van der Waals surface area contributed by atoms with Crippen molar-refractivity contribution in [2.24, 2.45) is 10.9 Å². The molecule has 74 valence electrons. The van der Waals surface area contributed by atoms with Crippen molar-refractivity contribution in [1.29, 1.82) is 0 Å². The largest absolute Gasteiger partial charge is 0.411 e. The molecule has 1 atom stereocenters. The molecule has 0 spiro atoms. The van der Waals surface area contributed by atoms with Crippen LogP contribution in [0.5, 0.6) is 0 Å². The second-order valence-electron chi connectivity index (χ2n) is 3.68. The lowest BCUT2D eigenvalue weighted by Crippen LogP contribution is -2.30. The second-order valence-corrected chi connectivity index (χ2v) is 3.68. The van der Waals surface area contributed by atoms with Crippen LogP contribution in [0.15, 0.2) is 29.4 Å². The number of hydrogen-bond donors (Lipinski definition) is 2. The second kappa shape index (κ2) is 3.80. The number of oxime groups is 1. The van der Waals surface area contributed by atoms with Crippen molar-refractivity contribution in [3.8, 4) is 0 Å². The highest BCUT2D eigenvalue weighted by Crippen LogP contribution is 2.18. The molecule has 0 saturated carbocycles. The van der Waals surface area contributed by atoms with Gasteiger partial charge in [0.1, 0.15) is 0 Å². The topological polar surface area (TPSA) is 58.6 Å². The third-order valence-corrected chi connectivity index (χ3v) is 2.77. The first kappa shape index (κ1) is 9.21. The molecular weight excluding hydrogens is 176 g/mol. The third-order valence-electron chi connectivity index (χ3n) is 2.77. The van der Waals surface area contributed by atoms with Gasteiger partial charge in [0, 0.05) is 12.5 Å². The first-order valence-electron chi connectivity index (χ1n) is 4.84. The Bertz CT molecular complexity index is 360. The van der Waals surface area contributed by atoms with E-state index in [2.05, 4.69) is 17.3 Å². The van der Waals surface area contributed by atoms with Gasteiger partial charge in [-0.2, -0.15) is 0 Å². The van der Waals surface area contributed by atoms with E-state index in [1.165, 1.54) is 11.1 Å². The Labute approximate surface area is 83.2 Å². The molecule has 1 aliphatic rings. The van der Waals surface area contributed by atoms with E-state index in [0.717, 1.165) is 12.8 Å². The van der Waals surface area contributed by atoms with Crippen LogP contribution in [0.4, 0.5) is 0 Å². The Morgan fingerprint density at radius 3 is 2.71 bits per heavy atom. The maximum absolute atomic E-state index is 8.82. The van der Waals surface area contributed by atoms with Crippen LogP contribution in [0.3, 0.4) is 0 Å². The molecule has 0 aromatic heterocycles. The van der Waals surface area contributed by atoms with Crippen molar-refractivity contribution in [1.82, 2.24) is 0 Å². The van der Waals surface area contributed by atoms with Gasteiger partial charge in [-0.25, -0.2) is 0 Å². The van der Waals surface area contributed by atoms with Gasteiger partial charge in [0.15, 0.2) is 0 Å². The van der Waals surface area contributed by atoms with E-state index in [1.54, 1.807) is 0 Å². The van der Waals surface area contributed by atoms with Gasteiger partial charge in [0.25, 0.3) is 0 Å². The molecule has 14 heavy (non-hydrogen) atoms. The highest BCUT2D eigenvalue weighted by atomic mass is 16.4. The van der Waals surface area contributed by atoms with E-state index in [-0.39, 0.29) is 6.04 Å². The predicted molar refractivity (Wildman–Crippen MR) is 55.7 cm³/mol. The highest BCUT2D eigenvalue weighted by molar-refractivity contribution is 5.91. The molecule has 1 aromatic carbocycles. The molecule has 0 aliphatic heterocycles. The maximum Gasteiger partial charge on any atom is 0.0781 e. The van der Waals surface area contributed by atoms with Gasteiger partial charge in [0.05, 0.1) is 5.71 Å². The highest BCUT2D eigenvalue weighted by Gasteiger charge is 2.18. The normalized spacial score (nSPS) is 24.4. The monoisotopic (exact) mass is 190 g/mol. The van der Waals surface area contributed by atoms with Gasteiger partial charge in [-0.1, -0.05) is 29.4 Å². The van der Waals surface area contributed by atoms with Crippen molar-refractivity contribution in [2.75, 3.05) is 0 Å². The van der Waals surface area contributed by atoms with Crippen LogP contribution in [0.25, 0.3) is 0 Å². The third kappa shape index (κ3) is 1.63. The first-order valence-corrected chi connectivity index (χ1v) is 4.84. The van der Waals surface area contributed by atoms with Crippen LogP contribution in [0, 0.1) is 0 Å². The molecule has 1 unspecified atom stereocenters. The molecule has 1 aromatic rings. The zero-order valence-electron chi connectivity index (χ0n) is 7.98. The predicted octanol–water partition coefficient (Wildman–Crippen LogP) is 1.33. The average Bonchev–Trinajstić information content (AvgIpc) is 2.38. The van der Waals surface area contributed by atoms with Crippen molar-refractivity contribution in [2.45, 2.75) is 25.3 Å². The molecule has 3 nitrogen and oxygen atoms in total. The van der Waals surface area contributed by atoms with E-state index in [1.807, 2.05) is 12.1 Å². The summed E-state index contributed by atoms with van der Waals surface area (Å²) in [6.45, 7) is 0. The fourth-order valence-electron chi connectivity index (χ4n) is 1.89. The Hall–Kier alpha value is -1.35. The van der Waals surface area contributed by atoms with Crippen molar-refractivity contribution in [3.63, 3.8) is 0 Å². The van der Waals surface area contributed by atoms with Gasteiger partial charge >= 0.3 is 0 Å². The molecular formula is C11H14N2O. The minimum absolute atomic E-state index is 0.104. The van der Waals surface area contributed by atoms with E-state index < -0.39 is 0 Å². The standard InChI is InChI=1S/C11H14N2O/c12-10-6-5-8-3-1-2-4-9(8)7-11(10)13-14/h1-4,10,14H,5-7,12H2/b13-11-. The zero-order valence-corrected chi connectivity index (χ0v) is 7.98. The van der Waals surface area contributed by atoms with E-state index in [4.69, 9.17) is 10.9 Å². The molecule has 0 radical (unpaired) electrons. The van der Waals surface area contributed by atoms with Gasteiger partial charge in [-0.05, 0) is 24.0 Å². The molecule has 3 heteroatoms. The fraction of sp³-hybridized carbons (Fsp3) is 0.364. The summed E-state index contributed by atoms with van der Waals surface area (Å²) in [6, 6.07) is 8.12. The SMILES string of the molecule is NC1CCc2ccccc2C/C1=N/O. The number of aryl methyl sites for hydroxylation is 1. The van der Waals surface area contributed by atoms with Gasteiger partial charge in [-0.3, -0.25) is 0 Å². The zero-order chi connectivity index (χ0) is 9.97. The summed E-state index contributed by atoms with van der Waals surface area (Å²) < 4.78 is 0. The summed E-state index contributed by atoms with van der Waals surface area (Å²) in [4.78, 5) is 0. The van der Waals surface area contributed by atoms with Crippen LogP contribution in [0.1, 0.15) is 17.5 Å². The molecule has 0 saturated heterocycles. The Balaban J connectivity index is 2.36. The quantitative estimate of drug-likeness (QED) is 0.368. The summed E-state index contributed by atoms with van der Waals surface area (Å²) in [7, 11) is 0. The lowest BCUT2D eigenvalue weighted by molar-refractivity contribution is 0.315. The van der Waals surface area contributed by atoms with E-state index in [0.29, 0.717) is 12.1 Å². The van der Waals surface area contributed by atoms with Gasteiger partial charge in [-0.15, -0.1) is 0 Å². The lowest BCUT2D eigenvalue weighted by Gasteiger charge is -2.07. The Morgan fingerprint density at radius 1 is 1.29 bits per heavy atom. The Morgan fingerprint density at radius 2 is 2.00 bits per heavy atom. The van der Waals surface area contributed by atoms with Gasteiger partial charge < -0.3 is 10.9 Å². The van der Waals surface area contributed by atoms with Crippen LogP contribution >= 0.6 is 0 Å². The van der Waals surface area contributed by atoms with Crippen LogP contribution in [-0.2, 0) is 12.8 Å². The minimum atomic E-state index is -0.104. The van der Waals surface area contributed by atoms with E-state index >= 15 is 0 Å². The number of fused-ring (bicyclic) bond motifs is 1. The molecule has 0 fully saturated rings. The smallest absolute Gasteiger partial charge is 0.0781 e. The number of rotatable bonds is 0. The summed E-state index contributed by atoms with van der Waals surface area (Å²) in [5.74, 6) is 0. The Kier molecular flexibility index (Phi) is 2.50. The number of nitrogens with two attached hydrogens (primary N) is 1. The average molecular weight is 190 g/mol. The maximum atomic E-state index is 8.82. The molecule has 0 bridgehead atoms. The van der Waals surface area contributed by atoms with Crippen molar-refractivity contribution < 1.29 is 5.21 Å². The number of benzene rings is 1. The van der Waals surface area contributed by atoms with Crippen LogP contribution in [-0.4, -0.2) is 17.0 Å². The van der Waals surface area contributed by atoms with Crippen molar-refractivity contribution in [3.05, 3.63) is 35.4 Å². The summed E-state index contributed by atoms with van der Waals surface area (Å²) in [5, 5.41) is 12.1. The van der Waals surface area contributed by atoms with Crippen LogP contribution in [0.2, 0.25) is 0 Å². The number of nitrogens with zero attached hydrogens (tertiary/aromatic N) is 1. The van der Waals surface area contributed by atoms with E-state index in [9.17, 15) is 0 Å². The van der Waals surface area contributed by atoms with Crippen molar-refractivity contribution >= 4 is 5.71 Å². The first-order chi connectivity index (χ1) is 6.81. The summed E-state index contributed by atoms with van der Waals surface area (Å²) >= 11 is 0. The summed E-state index contributed by atoms with van der Waals surface area (Å²) in [5.41, 5.74) is 9.12.